The van der Waals surface area contributed by atoms with Gasteiger partial charge in [-0.1, -0.05) is 0 Å². The molecule has 0 rings (SSSR count). The first-order chi connectivity index (χ1) is 2.56. The average molecular weight is 295 g/mol. The fraction of sp³-hybridized carbons (Fsp3) is 1.00. The SMILES string of the molecule is C[Si](C)(C)[NH][Pb]. The van der Waals surface area contributed by atoms with Crippen molar-refractivity contribution in [2.75, 3.05) is 0 Å². The van der Waals surface area contributed by atoms with E-state index in [9.17, 15) is 0 Å². The Balaban J connectivity index is 3.17. The van der Waals surface area contributed by atoms with Gasteiger partial charge in [0.1, 0.15) is 0 Å². The Labute approximate surface area is 56.7 Å². The summed E-state index contributed by atoms with van der Waals surface area (Å²) in [6, 6.07) is 0. The number of nitrogens with one attached hydrogen (secondary N) is 1. The molecule has 1 N–H and O–H groups in total. The molecule has 0 spiro atoms. The van der Waals surface area contributed by atoms with Crippen molar-refractivity contribution in [1.82, 2.24) is 2.79 Å². The molecule has 0 heterocycles. The van der Waals surface area contributed by atoms with Crippen LogP contribution in [0.4, 0.5) is 0 Å². The molecule has 0 bridgehead atoms. The molecule has 0 saturated heterocycles. The summed E-state index contributed by atoms with van der Waals surface area (Å²) in [7, 11) is -0.819. The summed E-state index contributed by atoms with van der Waals surface area (Å²) in [6.45, 7) is 6.92. The zero-order valence-corrected chi connectivity index (χ0v) is 9.39. The van der Waals surface area contributed by atoms with Gasteiger partial charge in [-0.25, -0.2) is 0 Å². The Hall–Kier alpha value is 1.10. The van der Waals surface area contributed by atoms with E-state index in [-0.39, 0.29) is 0 Å². The van der Waals surface area contributed by atoms with E-state index < -0.39 is 8.24 Å². The molecule has 0 atom stereocenters. The quantitative estimate of drug-likeness (QED) is 0.695. The van der Waals surface area contributed by atoms with Crippen LogP contribution in [0.5, 0.6) is 0 Å². The second kappa shape index (κ2) is 2.42. The third-order valence-electron chi connectivity index (χ3n) is 0.375. The molecule has 0 aromatic carbocycles. The molecule has 0 unspecified atom stereocenters. The van der Waals surface area contributed by atoms with Crippen LogP contribution in [-0.4, -0.2) is 34.3 Å². The van der Waals surface area contributed by atoms with Crippen LogP contribution >= 0.6 is 0 Å². The normalized spacial score (nSPS) is 12.0. The predicted octanol–water partition coefficient (Wildman–Crippen LogP) is 0.494. The molecule has 1 nitrogen and oxygen atoms in total. The Morgan fingerprint density at radius 2 is 1.50 bits per heavy atom. The molecule has 0 aliphatic rings. The van der Waals surface area contributed by atoms with Crippen LogP contribution in [0.2, 0.25) is 19.6 Å². The average Bonchev–Trinajstić information content (AvgIpc) is 1.35. The minimum atomic E-state index is -0.819. The van der Waals surface area contributed by atoms with Crippen molar-refractivity contribution in [3.8, 4) is 0 Å². The van der Waals surface area contributed by atoms with E-state index >= 15 is 0 Å². The van der Waals surface area contributed by atoms with Crippen LogP contribution in [0.3, 0.4) is 0 Å². The monoisotopic (exact) mass is 296 g/mol. The molecule has 3 heteroatoms. The molecule has 0 aromatic rings. The van der Waals surface area contributed by atoms with Crippen LogP contribution in [0.25, 0.3) is 0 Å². The van der Waals surface area contributed by atoms with Gasteiger partial charge < -0.3 is 0 Å². The third-order valence-corrected chi connectivity index (χ3v) is 9.87. The molecule has 0 saturated carbocycles. The second-order valence-electron chi connectivity index (χ2n) is 2.38. The maximum atomic E-state index is 3.38. The summed E-state index contributed by atoms with van der Waals surface area (Å²) in [4.78, 5) is 0. The van der Waals surface area contributed by atoms with E-state index in [1.54, 1.807) is 0 Å². The van der Waals surface area contributed by atoms with Crippen LogP contribution in [0.1, 0.15) is 0 Å². The number of rotatable bonds is 1. The first-order valence-electron chi connectivity index (χ1n) is 2.00. The van der Waals surface area contributed by atoms with Crippen molar-refractivity contribution in [3.05, 3.63) is 0 Å². The molecule has 3 radical (unpaired) electrons. The molecule has 0 aromatic heterocycles. The van der Waals surface area contributed by atoms with Gasteiger partial charge in [0.05, 0.1) is 0 Å². The molecular weight excluding hydrogens is 285 g/mol. The van der Waals surface area contributed by atoms with Crippen molar-refractivity contribution in [2.45, 2.75) is 19.6 Å². The molecule has 0 fully saturated rings. The molecule has 6 heavy (non-hydrogen) atoms. The predicted molar refractivity (Wildman–Crippen MR) is 32.2 cm³/mol. The Morgan fingerprint density at radius 1 is 1.33 bits per heavy atom. The van der Waals surface area contributed by atoms with E-state index in [0.29, 0.717) is 0 Å². The zero-order valence-electron chi connectivity index (χ0n) is 4.50. The summed E-state index contributed by atoms with van der Waals surface area (Å²) < 4.78 is 3.38. The van der Waals surface area contributed by atoms with Gasteiger partial charge in [-0.3, -0.25) is 0 Å². The molecule has 0 aliphatic heterocycles. The van der Waals surface area contributed by atoms with E-state index in [1.807, 2.05) is 0 Å². The van der Waals surface area contributed by atoms with Gasteiger partial charge in [-0.15, -0.1) is 0 Å². The molecule has 0 aliphatic carbocycles. The van der Waals surface area contributed by atoms with Gasteiger partial charge in [0.2, 0.25) is 0 Å². The van der Waals surface area contributed by atoms with Gasteiger partial charge in [-0.2, -0.15) is 0 Å². The van der Waals surface area contributed by atoms with Gasteiger partial charge >= 0.3 is 56.7 Å². The standard InChI is InChI=1S/C3H10NSi.Pb/c1-5(2,3)4;/h4H,1-3H3;/q-1;+1. The topological polar surface area (TPSA) is 12.0 Å². The summed E-state index contributed by atoms with van der Waals surface area (Å²) >= 11 is 1.16. The molecule has 0 amide bonds. The van der Waals surface area contributed by atoms with Crippen LogP contribution in [0.15, 0.2) is 0 Å². The Bertz CT molecular complexity index is 40.5. The second-order valence-corrected chi connectivity index (χ2v) is 10.0. The van der Waals surface area contributed by atoms with Gasteiger partial charge in [0.25, 0.3) is 0 Å². The first-order valence-corrected chi connectivity index (χ1v) is 7.44. The number of hydrogen-bond acceptors (Lipinski definition) is 1. The fourth-order valence-electron chi connectivity index (χ4n) is 0. The van der Waals surface area contributed by atoms with Crippen LogP contribution < -0.4 is 2.79 Å². The van der Waals surface area contributed by atoms with E-state index in [4.69, 9.17) is 0 Å². The Morgan fingerprint density at radius 3 is 1.50 bits per heavy atom. The van der Waals surface area contributed by atoms with Gasteiger partial charge in [0, 0.05) is 0 Å². The van der Waals surface area contributed by atoms with Gasteiger partial charge in [0.15, 0.2) is 0 Å². The number of hydrogen-bond donors (Lipinski definition) is 1. The summed E-state index contributed by atoms with van der Waals surface area (Å²) in [6.07, 6.45) is 0. The summed E-state index contributed by atoms with van der Waals surface area (Å²) in [5.41, 5.74) is 0. The molecule has 35 valence electrons. The van der Waals surface area contributed by atoms with E-state index in [1.165, 1.54) is 0 Å². The van der Waals surface area contributed by atoms with Crippen molar-refractivity contribution in [3.63, 3.8) is 0 Å². The van der Waals surface area contributed by atoms with Crippen molar-refractivity contribution < 1.29 is 0 Å². The summed E-state index contributed by atoms with van der Waals surface area (Å²) in [5, 5.41) is 0. The Kier molecular flexibility index (Phi) is 2.86. The fourth-order valence-corrected chi connectivity index (χ4v) is 0. The molecular formula is C3H10NPbSi. The summed E-state index contributed by atoms with van der Waals surface area (Å²) in [5.74, 6) is 0. The maximum absolute atomic E-state index is 3.38. The van der Waals surface area contributed by atoms with Crippen molar-refractivity contribution in [1.29, 1.82) is 0 Å². The van der Waals surface area contributed by atoms with E-state index in [0.717, 1.165) is 26.1 Å². The van der Waals surface area contributed by atoms with E-state index in [2.05, 4.69) is 22.4 Å². The van der Waals surface area contributed by atoms with Crippen LogP contribution in [0, 0.1) is 0 Å². The third kappa shape index (κ3) is 5.10. The first kappa shape index (κ1) is 7.10. The van der Waals surface area contributed by atoms with Crippen LogP contribution in [-0.2, 0) is 0 Å². The zero-order chi connectivity index (χ0) is 5.21. The van der Waals surface area contributed by atoms with Crippen molar-refractivity contribution in [2.24, 2.45) is 0 Å². The van der Waals surface area contributed by atoms with Gasteiger partial charge in [-0.05, 0) is 0 Å². The van der Waals surface area contributed by atoms with Crippen molar-refractivity contribution >= 4 is 34.3 Å². The minimum absolute atomic E-state index is 0.819.